The summed E-state index contributed by atoms with van der Waals surface area (Å²) in [6, 6.07) is 0. The molecular formula is C10H12N2O4. The van der Waals surface area contributed by atoms with Gasteiger partial charge in [0, 0.05) is 12.8 Å². The molecule has 2 heterocycles. The molecule has 0 spiro atoms. The van der Waals surface area contributed by atoms with Crippen LogP contribution in [0.5, 0.6) is 0 Å². The van der Waals surface area contributed by atoms with E-state index in [0.717, 1.165) is 0 Å². The van der Waals surface area contributed by atoms with E-state index in [0.29, 0.717) is 24.3 Å². The van der Waals surface area contributed by atoms with E-state index in [1.54, 1.807) is 0 Å². The Kier molecular flexibility index (Phi) is 2.72. The molecule has 86 valence electrons. The van der Waals surface area contributed by atoms with Crippen molar-refractivity contribution in [3.8, 4) is 0 Å². The Bertz CT molecular complexity index is 362. The van der Waals surface area contributed by atoms with Gasteiger partial charge in [0.25, 0.3) is 0 Å². The molecule has 6 nitrogen and oxygen atoms in total. The molecule has 2 unspecified atom stereocenters. The highest BCUT2D eigenvalue weighted by Crippen LogP contribution is 2.19. The van der Waals surface area contributed by atoms with Crippen molar-refractivity contribution in [2.45, 2.75) is 38.9 Å². The van der Waals surface area contributed by atoms with Gasteiger partial charge < -0.3 is 9.68 Å². The zero-order valence-electron chi connectivity index (χ0n) is 9.10. The molecule has 6 heteroatoms. The van der Waals surface area contributed by atoms with Crippen LogP contribution in [-0.4, -0.2) is 35.2 Å². The smallest absolute Gasteiger partial charge is 0.190 e. The molecule has 2 atom stereocenters. The van der Waals surface area contributed by atoms with Crippen LogP contribution in [-0.2, 0) is 19.3 Å². The average Bonchev–Trinajstić information content (AvgIpc) is 2.86. The number of Topliss-reactive ketones (excluding diaryl/α,β-unsaturated/α-hetero) is 2. The number of hydrogen-bond donors (Lipinski definition) is 0. The second kappa shape index (κ2) is 4.03. The van der Waals surface area contributed by atoms with Crippen LogP contribution in [0.15, 0.2) is 10.3 Å². The topological polar surface area (TPSA) is 77.3 Å². The molecule has 0 aliphatic carbocycles. The highest BCUT2D eigenvalue weighted by Gasteiger charge is 2.33. The molecule has 2 aliphatic rings. The average molecular weight is 224 g/mol. The summed E-state index contributed by atoms with van der Waals surface area (Å²) in [6.07, 6.45) is -0.229. The molecule has 16 heavy (non-hydrogen) atoms. The Morgan fingerprint density at radius 1 is 1.00 bits per heavy atom. The molecule has 0 bridgehead atoms. The van der Waals surface area contributed by atoms with Gasteiger partial charge in [0.1, 0.15) is 11.4 Å². The summed E-state index contributed by atoms with van der Waals surface area (Å²) >= 11 is 0. The summed E-state index contributed by atoms with van der Waals surface area (Å²) in [5.74, 6) is -0.136. The second-order valence-electron chi connectivity index (χ2n) is 3.89. The number of nitrogens with zero attached hydrogens (tertiary/aromatic N) is 2. The first kappa shape index (κ1) is 10.8. The SMILES string of the molecule is CC(=O)C1CC(C2=NOC(C(C)=O)C2)=NO1. The number of ketones is 2. The van der Waals surface area contributed by atoms with Crippen molar-refractivity contribution in [2.75, 3.05) is 0 Å². The first-order valence-electron chi connectivity index (χ1n) is 5.04. The fraction of sp³-hybridized carbons (Fsp3) is 0.600. The lowest BCUT2D eigenvalue weighted by molar-refractivity contribution is -0.127. The van der Waals surface area contributed by atoms with Crippen molar-refractivity contribution in [3.63, 3.8) is 0 Å². The largest absolute Gasteiger partial charge is 0.384 e. The van der Waals surface area contributed by atoms with Crippen LogP contribution < -0.4 is 0 Å². The molecule has 0 aromatic heterocycles. The minimum absolute atomic E-state index is 0.0682. The van der Waals surface area contributed by atoms with Gasteiger partial charge in [-0.2, -0.15) is 0 Å². The van der Waals surface area contributed by atoms with Gasteiger partial charge in [0.15, 0.2) is 23.8 Å². The fourth-order valence-corrected chi connectivity index (χ4v) is 1.53. The van der Waals surface area contributed by atoms with E-state index in [9.17, 15) is 9.59 Å². The molecule has 0 saturated carbocycles. The van der Waals surface area contributed by atoms with Crippen molar-refractivity contribution < 1.29 is 19.3 Å². The lowest BCUT2D eigenvalue weighted by Gasteiger charge is -2.01. The van der Waals surface area contributed by atoms with Gasteiger partial charge in [0.2, 0.25) is 0 Å². The molecule has 0 amide bonds. The van der Waals surface area contributed by atoms with Gasteiger partial charge in [-0.15, -0.1) is 0 Å². The Morgan fingerprint density at radius 2 is 1.38 bits per heavy atom. The number of hydrogen-bond acceptors (Lipinski definition) is 6. The number of oxime groups is 2. The first-order valence-corrected chi connectivity index (χ1v) is 5.04. The van der Waals surface area contributed by atoms with Crippen molar-refractivity contribution >= 4 is 23.0 Å². The quantitative estimate of drug-likeness (QED) is 0.697. The molecule has 0 saturated heterocycles. The monoisotopic (exact) mass is 224 g/mol. The third-order valence-corrected chi connectivity index (χ3v) is 2.58. The minimum atomic E-state index is -0.519. The molecule has 2 aliphatic heterocycles. The minimum Gasteiger partial charge on any atom is -0.384 e. The van der Waals surface area contributed by atoms with Crippen LogP contribution in [0.2, 0.25) is 0 Å². The van der Waals surface area contributed by atoms with Crippen LogP contribution in [0.25, 0.3) is 0 Å². The zero-order chi connectivity index (χ0) is 11.7. The van der Waals surface area contributed by atoms with E-state index in [2.05, 4.69) is 10.3 Å². The fourth-order valence-electron chi connectivity index (χ4n) is 1.53. The summed E-state index contributed by atoms with van der Waals surface area (Å²) in [4.78, 5) is 32.0. The van der Waals surface area contributed by atoms with E-state index in [1.807, 2.05) is 0 Å². The first-order chi connectivity index (χ1) is 7.58. The predicted octanol–water partition coefficient (Wildman–Crippen LogP) is 0.454. The molecule has 0 radical (unpaired) electrons. The number of carbonyl (C=O) groups is 2. The summed E-state index contributed by atoms with van der Waals surface area (Å²) in [6.45, 7) is 2.91. The molecule has 0 fully saturated rings. The number of rotatable bonds is 3. The molecule has 0 N–H and O–H groups in total. The summed E-state index contributed by atoms with van der Waals surface area (Å²) in [5, 5.41) is 7.58. The van der Waals surface area contributed by atoms with Crippen molar-refractivity contribution in [1.82, 2.24) is 0 Å². The Hall–Kier alpha value is -1.72. The van der Waals surface area contributed by atoms with Gasteiger partial charge in [-0.25, -0.2) is 0 Å². The standard InChI is InChI=1S/C10H12N2O4/c1-5(13)9-3-7(11-15-9)8-4-10(6(2)14)16-12-8/h9-10H,3-4H2,1-2H3. The maximum Gasteiger partial charge on any atom is 0.190 e. The predicted molar refractivity (Wildman–Crippen MR) is 55.2 cm³/mol. The molecule has 0 aromatic rings. The van der Waals surface area contributed by atoms with E-state index < -0.39 is 12.2 Å². The van der Waals surface area contributed by atoms with Crippen LogP contribution in [0.3, 0.4) is 0 Å². The van der Waals surface area contributed by atoms with E-state index in [1.165, 1.54) is 13.8 Å². The normalized spacial score (nSPS) is 27.9. The van der Waals surface area contributed by atoms with Crippen LogP contribution >= 0.6 is 0 Å². The van der Waals surface area contributed by atoms with Gasteiger partial charge in [-0.3, -0.25) is 9.59 Å². The molecule has 2 rings (SSSR count). The van der Waals surface area contributed by atoms with E-state index in [4.69, 9.17) is 9.68 Å². The lowest BCUT2D eigenvalue weighted by Crippen LogP contribution is -2.22. The maximum atomic E-state index is 11.1. The van der Waals surface area contributed by atoms with Gasteiger partial charge in [-0.1, -0.05) is 10.3 Å². The number of carbonyl (C=O) groups excluding carboxylic acids is 2. The van der Waals surface area contributed by atoms with Crippen LogP contribution in [0.4, 0.5) is 0 Å². The van der Waals surface area contributed by atoms with Crippen molar-refractivity contribution in [2.24, 2.45) is 10.3 Å². The Balaban J connectivity index is 1.97. The molecule has 0 aromatic carbocycles. The zero-order valence-corrected chi connectivity index (χ0v) is 9.10. The van der Waals surface area contributed by atoms with E-state index in [-0.39, 0.29) is 11.6 Å². The second-order valence-corrected chi connectivity index (χ2v) is 3.89. The summed E-state index contributed by atoms with van der Waals surface area (Å²) in [5.41, 5.74) is 1.20. The Labute approximate surface area is 92.3 Å². The van der Waals surface area contributed by atoms with Gasteiger partial charge in [0.05, 0.1) is 0 Å². The van der Waals surface area contributed by atoms with Crippen LogP contribution in [0.1, 0.15) is 26.7 Å². The van der Waals surface area contributed by atoms with Crippen molar-refractivity contribution in [3.05, 3.63) is 0 Å². The summed E-state index contributed by atoms with van der Waals surface area (Å²) in [7, 11) is 0. The molecular weight excluding hydrogens is 212 g/mol. The van der Waals surface area contributed by atoms with Gasteiger partial charge in [-0.05, 0) is 13.8 Å². The maximum absolute atomic E-state index is 11.1. The van der Waals surface area contributed by atoms with E-state index >= 15 is 0 Å². The summed E-state index contributed by atoms with van der Waals surface area (Å²) < 4.78 is 0. The Morgan fingerprint density at radius 3 is 1.62 bits per heavy atom. The lowest BCUT2D eigenvalue weighted by atomic mass is 10.0. The third-order valence-electron chi connectivity index (χ3n) is 2.58. The van der Waals surface area contributed by atoms with Crippen molar-refractivity contribution in [1.29, 1.82) is 0 Å². The third kappa shape index (κ3) is 1.95. The van der Waals surface area contributed by atoms with Crippen LogP contribution in [0, 0.1) is 0 Å². The van der Waals surface area contributed by atoms with Gasteiger partial charge >= 0.3 is 0 Å². The highest BCUT2D eigenvalue weighted by molar-refractivity contribution is 6.43. The highest BCUT2D eigenvalue weighted by atomic mass is 16.7.